The van der Waals surface area contributed by atoms with Crippen LogP contribution in [0.4, 0.5) is 5.69 Å². The van der Waals surface area contributed by atoms with Crippen molar-refractivity contribution in [2.45, 2.75) is 33.2 Å². The fraction of sp³-hybridized carbons (Fsp3) is 0.500. The molecule has 88 valence electrons. The van der Waals surface area contributed by atoms with Crippen LogP contribution in [0.2, 0.25) is 0 Å². The first-order valence-electron chi connectivity index (χ1n) is 5.57. The Balaban J connectivity index is 2.49. The van der Waals surface area contributed by atoms with Gasteiger partial charge >= 0.3 is 0 Å². The third-order valence-corrected chi connectivity index (χ3v) is 2.36. The Morgan fingerprint density at radius 2 is 2.31 bits per heavy atom. The van der Waals surface area contributed by atoms with Gasteiger partial charge in [0, 0.05) is 18.7 Å². The number of pyridine rings is 1. The van der Waals surface area contributed by atoms with E-state index >= 15 is 0 Å². The standard InChI is InChI=1S/C12H19N3O/c1-4-14-10(3)7-12(16)15-11-8-13-6-5-9(11)2/h5-6,8,10,14H,4,7H2,1-3H3,(H,15,16). The third-order valence-electron chi connectivity index (χ3n) is 2.36. The summed E-state index contributed by atoms with van der Waals surface area (Å²) in [6.07, 6.45) is 3.86. The molecule has 1 rings (SSSR count). The lowest BCUT2D eigenvalue weighted by Gasteiger charge is -2.12. The van der Waals surface area contributed by atoms with Crippen molar-refractivity contribution in [3.8, 4) is 0 Å². The second-order valence-electron chi connectivity index (χ2n) is 3.90. The summed E-state index contributed by atoms with van der Waals surface area (Å²) in [7, 11) is 0. The van der Waals surface area contributed by atoms with Crippen LogP contribution in [0.25, 0.3) is 0 Å². The number of aryl methyl sites for hydroxylation is 1. The topological polar surface area (TPSA) is 54.0 Å². The predicted molar refractivity (Wildman–Crippen MR) is 65.4 cm³/mol. The molecular formula is C12H19N3O. The molecule has 1 aromatic rings. The Hall–Kier alpha value is -1.42. The van der Waals surface area contributed by atoms with E-state index in [0.29, 0.717) is 6.42 Å². The lowest BCUT2D eigenvalue weighted by molar-refractivity contribution is -0.116. The Labute approximate surface area is 96.5 Å². The zero-order valence-electron chi connectivity index (χ0n) is 10.1. The molecule has 1 aromatic heterocycles. The zero-order valence-corrected chi connectivity index (χ0v) is 10.1. The van der Waals surface area contributed by atoms with Crippen molar-refractivity contribution < 1.29 is 4.79 Å². The van der Waals surface area contributed by atoms with E-state index in [9.17, 15) is 4.79 Å². The molecule has 1 heterocycles. The van der Waals surface area contributed by atoms with Gasteiger partial charge in [-0.15, -0.1) is 0 Å². The zero-order chi connectivity index (χ0) is 12.0. The molecule has 0 aliphatic heterocycles. The van der Waals surface area contributed by atoms with E-state index in [1.165, 1.54) is 0 Å². The SMILES string of the molecule is CCNC(C)CC(=O)Nc1cnccc1C. The average Bonchev–Trinajstić information content (AvgIpc) is 2.21. The van der Waals surface area contributed by atoms with Crippen molar-refractivity contribution in [3.05, 3.63) is 24.0 Å². The highest BCUT2D eigenvalue weighted by atomic mass is 16.1. The molecule has 0 saturated heterocycles. The van der Waals surface area contributed by atoms with E-state index in [0.717, 1.165) is 17.8 Å². The molecule has 4 heteroatoms. The van der Waals surface area contributed by atoms with Gasteiger partial charge < -0.3 is 10.6 Å². The van der Waals surface area contributed by atoms with Gasteiger partial charge in [0.15, 0.2) is 0 Å². The molecule has 0 spiro atoms. The van der Waals surface area contributed by atoms with Crippen LogP contribution in [-0.2, 0) is 4.79 Å². The van der Waals surface area contributed by atoms with Crippen LogP contribution >= 0.6 is 0 Å². The van der Waals surface area contributed by atoms with E-state index in [2.05, 4.69) is 15.6 Å². The van der Waals surface area contributed by atoms with Crippen molar-refractivity contribution in [1.29, 1.82) is 0 Å². The van der Waals surface area contributed by atoms with Crippen molar-refractivity contribution >= 4 is 11.6 Å². The average molecular weight is 221 g/mol. The van der Waals surface area contributed by atoms with Gasteiger partial charge in [0.25, 0.3) is 0 Å². The molecule has 0 fully saturated rings. The molecule has 0 aliphatic carbocycles. The highest BCUT2D eigenvalue weighted by Gasteiger charge is 2.08. The smallest absolute Gasteiger partial charge is 0.225 e. The lowest BCUT2D eigenvalue weighted by atomic mass is 10.2. The van der Waals surface area contributed by atoms with Crippen LogP contribution in [0.15, 0.2) is 18.5 Å². The van der Waals surface area contributed by atoms with E-state index in [1.54, 1.807) is 12.4 Å². The minimum atomic E-state index is 0.0181. The molecular weight excluding hydrogens is 202 g/mol. The summed E-state index contributed by atoms with van der Waals surface area (Å²) in [4.78, 5) is 15.7. The number of amides is 1. The van der Waals surface area contributed by atoms with Gasteiger partial charge in [-0.1, -0.05) is 6.92 Å². The van der Waals surface area contributed by atoms with Gasteiger partial charge in [-0.25, -0.2) is 0 Å². The summed E-state index contributed by atoms with van der Waals surface area (Å²) in [5.74, 6) is 0.0181. The Morgan fingerprint density at radius 3 is 2.94 bits per heavy atom. The summed E-state index contributed by atoms with van der Waals surface area (Å²) in [6.45, 7) is 6.85. The third kappa shape index (κ3) is 3.98. The van der Waals surface area contributed by atoms with Crippen molar-refractivity contribution in [3.63, 3.8) is 0 Å². The maximum atomic E-state index is 11.7. The molecule has 0 bridgehead atoms. The Bertz CT molecular complexity index is 352. The normalized spacial score (nSPS) is 12.2. The molecule has 2 N–H and O–H groups in total. The second-order valence-corrected chi connectivity index (χ2v) is 3.90. The number of carbonyl (C=O) groups is 1. The van der Waals surface area contributed by atoms with Crippen LogP contribution in [0.3, 0.4) is 0 Å². The van der Waals surface area contributed by atoms with Crippen LogP contribution in [-0.4, -0.2) is 23.5 Å². The molecule has 0 radical (unpaired) electrons. The van der Waals surface area contributed by atoms with E-state index in [4.69, 9.17) is 0 Å². The van der Waals surface area contributed by atoms with Gasteiger partial charge in [0.2, 0.25) is 5.91 Å². The highest BCUT2D eigenvalue weighted by Crippen LogP contribution is 2.11. The number of hydrogen-bond acceptors (Lipinski definition) is 3. The van der Waals surface area contributed by atoms with Gasteiger partial charge in [-0.2, -0.15) is 0 Å². The number of anilines is 1. The summed E-state index contributed by atoms with van der Waals surface area (Å²) < 4.78 is 0. The maximum absolute atomic E-state index is 11.7. The molecule has 1 unspecified atom stereocenters. The second kappa shape index (κ2) is 6.23. The number of hydrogen-bond donors (Lipinski definition) is 2. The minimum absolute atomic E-state index is 0.0181. The molecule has 1 amide bonds. The van der Waals surface area contributed by atoms with Gasteiger partial charge in [-0.05, 0) is 32.0 Å². The van der Waals surface area contributed by atoms with Gasteiger partial charge in [0.1, 0.15) is 0 Å². The fourth-order valence-corrected chi connectivity index (χ4v) is 1.49. The van der Waals surface area contributed by atoms with Crippen molar-refractivity contribution in [1.82, 2.24) is 10.3 Å². The summed E-state index contributed by atoms with van der Waals surface area (Å²) in [5.41, 5.74) is 1.82. The van der Waals surface area contributed by atoms with Crippen LogP contribution in [0, 0.1) is 6.92 Å². The fourth-order valence-electron chi connectivity index (χ4n) is 1.49. The number of nitrogens with zero attached hydrogens (tertiary/aromatic N) is 1. The quantitative estimate of drug-likeness (QED) is 0.796. The van der Waals surface area contributed by atoms with Crippen LogP contribution in [0.1, 0.15) is 25.8 Å². The minimum Gasteiger partial charge on any atom is -0.324 e. The largest absolute Gasteiger partial charge is 0.324 e. The number of rotatable bonds is 5. The molecule has 16 heavy (non-hydrogen) atoms. The van der Waals surface area contributed by atoms with Gasteiger partial charge in [-0.3, -0.25) is 9.78 Å². The lowest BCUT2D eigenvalue weighted by Crippen LogP contribution is -2.30. The number of aromatic nitrogens is 1. The first-order valence-corrected chi connectivity index (χ1v) is 5.57. The highest BCUT2D eigenvalue weighted by molar-refractivity contribution is 5.91. The van der Waals surface area contributed by atoms with Gasteiger partial charge in [0.05, 0.1) is 11.9 Å². The van der Waals surface area contributed by atoms with Crippen molar-refractivity contribution in [2.24, 2.45) is 0 Å². The predicted octanol–water partition coefficient (Wildman–Crippen LogP) is 1.72. The first kappa shape index (κ1) is 12.6. The number of nitrogens with one attached hydrogen (secondary N) is 2. The first-order chi connectivity index (χ1) is 7.63. The monoisotopic (exact) mass is 221 g/mol. The van der Waals surface area contributed by atoms with Crippen molar-refractivity contribution in [2.75, 3.05) is 11.9 Å². The maximum Gasteiger partial charge on any atom is 0.225 e. The van der Waals surface area contributed by atoms with E-state index in [1.807, 2.05) is 26.8 Å². The summed E-state index contributed by atoms with van der Waals surface area (Å²) >= 11 is 0. The van der Waals surface area contributed by atoms with Crippen LogP contribution < -0.4 is 10.6 Å². The molecule has 0 aliphatic rings. The molecule has 1 atom stereocenters. The molecule has 4 nitrogen and oxygen atoms in total. The van der Waals surface area contributed by atoms with Crippen LogP contribution in [0.5, 0.6) is 0 Å². The summed E-state index contributed by atoms with van der Waals surface area (Å²) in [6, 6.07) is 2.07. The Kier molecular flexibility index (Phi) is 4.92. The number of carbonyl (C=O) groups excluding carboxylic acids is 1. The molecule has 0 saturated carbocycles. The van der Waals surface area contributed by atoms with E-state index in [-0.39, 0.29) is 11.9 Å². The van der Waals surface area contributed by atoms with E-state index < -0.39 is 0 Å². The summed E-state index contributed by atoms with van der Waals surface area (Å²) in [5, 5.41) is 6.06. The Morgan fingerprint density at radius 1 is 1.56 bits per heavy atom. The molecule has 0 aromatic carbocycles.